The Labute approximate surface area is 120 Å². The summed E-state index contributed by atoms with van der Waals surface area (Å²) in [6.45, 7) is 1.38. The van der Waals surface area contributed by atoms with Crippen molar-refractivity contribution in [2.75, 3.05) is 0 Å². The van der Waals surface area contributed by atoms with E-state index in [1.54, 1.807) is 0 Å². The van der Waals surface area contributed by atoms with Gasteiger partial charge in [-0.15, -0.1) is 0 Å². The summed E-state index contributed by atoms with van der Waals surface area (Å²) < 4.78 is 45.4. The predicted molar refractivity (Wildman–Crippen MR) is 52.8 cm³/mol. The zero-order valence-electron chi connectivity index (χ0n) is 9.31. The van der Waals surface area contributed by atoms with E-state index >= 15 is 0 Å². The summed E-state index contributed by atoms with van der Waals surface area (Å²) in [5.74, 6) is -1.84. The minimum absolute atomic E-state index is 0. The Hall–Kier alpha value is -0.470. The van der Waals surface area contributed by atoms with Gasteiger partial charge >= 0.3 is 29.6 Å². The zero-order valence-corrected chi connectivity index (χ0v) is 12.1. The molecule has 0 heterocycles. The van der Waals surface area contributed by atoms with E-state index in [1.165, 1.54) is 6.92 Å². The quantitative estimate of drug-likeness (QED) is 0.473. The number of primary amides is 1. The third-order valence-electron chi connectivity index (χ3n) is 2.03. The van der Waals surface area contributed by atoms with E-state index in [4.69, 9.17) is 5.73 Å². The molecule has 1 atom stereocenters. The van der Waals surface area contributed by atoms with Crippen molar-refractivity contribution in [3.63, 3.8) is 0 Å². The molecule has 2 N–H and O–H groups in total. The van der Waals surface area contributed by atoms with Crippen LogP contribution in [0.25, 0.3) is 0 Å². The third-order valence-corrected chi connectivity index (χ3v) is 3.11. The Balaban J connectivity index is 0.00000256. The summed E-state index contributed by atoms with van der Waals surface area (Å²) >= 11 is 0. The normalized spacial score (nSPS) is 12.6. The van der Waals surface area contributed by atoms with Crippen molar-refractivity contribution >= 4 is 16.0 Å². The Bertz CT molecular complexity index is 532. The summed E-state index contributed by atoms with van der Waals surface area (Å²) in [5.41, 5.74) is 4.84. The van der Waals surface area contributed by atoms with Crippen molar-refractivity contribution in [1.29, 1.82) is 0 Å². The first-order valence-corrected chi connectivity index (χ1v) is 5.70. The maximum atomic E-state index is 12.9. The topological polar surface area (TPSA) is 100 Å². The van der Waals surface area contributed by atoms with Gasteiger partial charge < -0.3 is 10.3 Å². The van der Waals surface area contributed by atoms with Gasteiger partial charge in [0.25, 0.3) is 0 Å². The summed E-state index contributed by atoms with van der Waals surface area (Å²) in [7, 11) is -4.89. The van der Waals surface area contributed by atoms with Crippen LogP contribution in [0, 0.1) is 12.7 Å². The third kappa shape index (κ3) is 4.04. The van der Waals surface area contributed by atoms with E-state index < -0.39 is 27.1 Å². The molecule has 0 spiro atoms. The van der Waals surface area contributed by atoms with Crippen molar-refractivity contribution in [2.45, 2.75) is 12.2 Å². The standard InChI is InChI=1S/C9H10FNO4S.Na/c1-5-4-6(2-3-7(5)10)8(9(11)12)16(13,14)15;/h2-4,8H,1H3,(H2,11,12)(H,13,14,15);/q;+1/p-1. The van der Waals surface area contributed by atoms with E-state index in [0.29, 0.717) is 0 Å². The maximum absolute atomic E-state index is 12.9. The molecule has 0 radical (unpaired) electrons. The Morgan fingerprint density at radius 1 is 1.47 bits per heavy atom. The van der Waals surface area contributed by atoms with E-state index in [2.05, 4.69) is 0 Å². The molecule has 0 bridgehead atoms. The van der Waals surface area contributed by atoms with E-state index in [-0.39, 0.29) is 40.7 Å². The van der Waals surface area contributed by atoms with Gasteiger partial charge in [0.05, 0.1) is 0 Å². The molecule has 17 heavy (non-hydrogen) atoms. The number of carbonyl (C=O) groups excluding carboxylic acids is 1. The van der Waals surface area contributed by atoms with Crippen LogP contribution in [0.2, 0.25) is 0 Å². The van der Waals surface area contributed by atoms with Crippen LogP contribution in [0.5, 0.6) is 0 Å². The second-order valence-corrected chi connectivity index (χ2v) is 4.74. The number of amides is 1. The second kappa shape index (κ2) is 5.92. The average molecular weight is 269 g/mol. The first-order valence-electron chi connectivity index (χ1n) is 4.23. The minimum atomic E-state index is -4.89. The fourth-order valence-electron chi connectivity index (χ4n) is 1.30. The number of nitrogens with two attached hydrogens (primary N) is 1. The first-order chi connectivity index (χ1) is 7.23. The molecule has 1 aromatic carbocycles. The van der Waals surface area contributed by atoms with Crippen LogP contribution < -0.4 is 35.3 Å². The van der Waals surface area contributed by atoms with Crippen molar-refractivity contribution < 1.29 is 51.7 Å². The molecule has 0 aliphatic heterocycles. The molecule has 1 rings (SSSR count). The number of benzene rings is 1. The van der Waals surface area contributed by atoms with Crippen molar-refractivity contribution in [3.05, 3.63) is 35.1 Å². The molecule has 0 aliphatic carbocycles. The molecule has 88 valence electrons. The van der Waals surface area contributed by atoms with Crippen LogP contribution in [-0.2, 0) is 14.9 Å². The Morgan fingerprint density at radius 3 is 2.35 bits per heavy atom. The number of rotatable bonds is 3. The Morgan fingerprint density at radius 2 is 2.00 bits per heavy atom. The summed E-state index contributed by atoms with van der Waals surface area (Å²) in [5, 5.41) is -1.98. The van der Waals surface area contributed by atoms with Crippen LogP contribution in [0.15, 0.2) is 18.2 Å². The number of hydrogen-bond donors (Lipinski definition) is 1. The molecule has 0 aromatic heterocycles. The SMILES string of the molecule is Cc1cc(C(C(N)=O)S(=O)(=O)[O-])ccc1F.[Na+]. The largest absolute Gasteiger partial charge is 1.00 e. The van der Waals surface area contributed by atoms with Gasteiger partial charge in [-0.1, -0.05) is 12.1 Å². The molecule has 1 amide bonds. The molecule has 1 aromatic rings. The maximum Gasteiger partial charge on any atom is 1.00 e. The fraction of sp³-hybridized carbons (Fsp3) is 0.222. The molecular formula is C9H9FNNaO4S. The molecule has 0 saturated carbocycles. The molecule has 8 heteroatoms. The second-order valence-electron chi connectivity index (χ2n) is 3.28. The summed E-state index contributed by atoms with van der Waals surface area (Å²) in [6.07, 6.45) is 0. The van der Waals surface area contributed by atoms with E-state index in [1.807, 2.05) is 0 Å². The van der Waals surface area contributed by atoms with Gasteiger partial charge in [0.2, 0.25) is 5.91 Å². The molecule has 1 unspecified atom stereocenters. The predicted octanol–water partition coefficient (Wildman–Crippen LogP) is -2.79. The zero-order chi connectivity index (χ0) is 12.5. The van der Waals surface area contributed by atoms with E-state index in [0.717, 1.165) is 18.2 Å². The van der Waals surface area contributed by atoms with Crippen LogP contribution in [-0.4, -0.2) is 18.9 Å². The summed E-state index contributed by atoms with van der Waals surface area (Å²) in [4.78, 5) is 10.9. The van der Waals surface area contributed by atoms with Crippen LogP contribution >= 0.6 is 0 Å². The smallest absolute Gasteiger partial charge is 0.747 e. The minimum Gasteiger partial charge on any atom is -0.747 e. The van der Waals surface area contributed by atoms with Crippen molar-refractivity contribution in [1.82, 2.24) is 0 Å². The van der Waals surface area contributed by atoms with Crippen LogP contribution in [0.4, 0.5) is 4.39 Å². The van der Waals surface area contributed by atoms with Gasteiger partial charge in [-0.3, -0.25) is 4.79 Å². The average Bonchev–Trinajstić information content (AvgIpc) is 2.08. The number of halogens is 1. The van der Waals surface area contributed by atoms with Gasteiger partial charge in [0.1, 0.15) is 15.9 Å². The van der Waals surface area contributed by atoms with Gasteiger partial charge in [-0.25, -0.2) is 12.8 Å². The number of carbonyl (C=O) groups is 1. The number of hydrogen-bond acceptors (Lipinski definition) is 4. The van der Waals surface area contributed by atoms with Gasteiger partial charge in [0, 0.05) is 0 Å². The molecular weight excluding hydrogens is 260 g/mol. The van der Waals surface area contributed by atoms with E-state index in [9.17, 15) is 22.2 Å². The number of aryl methyl sites for hydroxylation is 1. The summed E-state index contributed by atoms with van der Waals surface area (Å²) in [6, 6.07) is 3.14. The van der Waals surface area contributed by atoms with Crippen molar-refractivity contribution in [2.24, 2.45) is 5.73 Å². The molecule has 0 fully saturated rings. The Kier molecular flexibility index (Phi) is 5.76. The molecule has 0 saturated heterocycles. The fourth-order valence-corrected chi connectivity index (χ4v) is 2.07. The molecule has 5 nitrogen and oxygen atoms in total. The van der Waals surface area contributed by atoms with Crippen LogP contribution in [0.1, 0.15) is 16.4 Å². The van der Waals surface area contributed by atoms with Gasteiger partial charge in [-0.05, 0) is 24.1 Å². The first kappa shape index (κ1) is 16.5. The van der Waals surface area contributed by atoms with Crippen LogP contribution in [0.3, 0.4) is 0 Å². The monoisotopic (exact) mass is 269 g/mol. The van der Waals surface area contributed by atoms with Crippen molar-refractivity contribution in [3.8, 4) is 0 Å². The molecule has 0 aliphatic rings. The van der Waals surface area contributed by atoms with Gasteiger partial charge in [0.15, 0.2) is 5.25 Å². The van der Waals surface area contributed by atoms with Gasteiger partial charge in [-0.2, -0.15) is 0 Å².